The molecule has 1 fully saturated rings. The number of ketones is 1. The highest BCUT2D eigenvalue weighted by Crippen LogP contribution is 2.28. The van der Waals surface area contributed by atoms with Crippen LogP contribution in [0.1, 0.15) is 36.5 Å². The Hall–Kier alpha value is -2.74. The number of Topliss-reactive ketones (excluding diaryl/α,β-unsaturated/α-hetero) is 1. The first kappa shape index (κ1) is 18.1. The van der Waals surface area contributed by atoms with Crippen molar-refractivity contribution in [1.82, 2.24) is 14.7 Å². The summed E-state index contributed by atoms with van der Waals surface area (Å²) in [5.74, 6) is -0.204. The maximum atomic E-state index is 11.4. The number of carbonyl (C=O) groups excluding carboxylic acids is 1. The van der Waals surface area contributed by atoms with Crippen LogP contribution in [0.4, 0.5) is 17.1 Å². The summed E-state index contributed by atoms with van der Waals surface area (Å²) in [5, 5.41) is 18.6. The molecule has 0 unspecified atom stereocenters. The lowest BCUT2D eigenvalue weighted by atomic mass is 10.1. The number of nitrogens with one attached hydrogen (secondary N) is 1. The molecule has 26 heavy (non-hydrogen) atoms. The molecular weight excluding hydrogens is 334 g/mol. The van der Waals surface area contributed by atoms with Crippen molar-refractivity contribution < 1.29 is 9.72 Å². The summed E-state index contributed by atoms with van der Waals surface area (Å²) in [7, 11) is 0. The van der Waals surface area contributed by atoms with E-state index in [0.717, 1.165) is 26.2 Å². The monoisotopic (exact) mass is 357 g/mol. The first-order valence-corrected chi connectivity index (χ1v) is 8.84. The third-order valence-electron chi connectivity index (χ3n) is 4.61. The summed E-state index contributed by atoms with van der Waals surface area (Å²) in [6.45, 7) is 5.41. The van der Waals surface area contributed by atoms with Crippen molar-refractivity contribution in [2.24, 2.45) is 0 Å². The zero-order valence-electron chi connectivity index (χ0n) is 14.9. The number of nitro groups is 1. The van der Waals surface area contributed by atoms with Crippen molar-refractivity contribution in [3.8, 4) is 0 Å². The lowest BCUT2D eigenvalue weighted by Crippen LogP contribution is -2.32. The van der Waals surface area contributed by atoms with Crippen LogP contribution in [-0.2, 0) is 6.54 Å². The molecule has 0 spiro atoms. The number of nitrogens with zero attached hydrogens (tertiary/aromatic N) is 4. The number of carbonyl (C=O) groups is 1. The van der Waals surface area contributed by atoms with E-state index in [4.69, 9.17) is 0 Å². The van der Waals surface area contributed by atoms with E-state index in [-0.39, 0.29) is 11.5 Å². The average Bonchev–Trinajstić information content (AvgIpc) is 3.08. The minimum atomic E-state index is -0.491. The number of rotatable bonds is 7. The SMILES string of the molecule is CC(=O)c1ccc(Nc2cnn(CCN3CCCCC3)c2)c([N+](=O)[O-])c1. The van der Waals surface area contributed by atoms with E-state index in [0.29, 0.717) is 16.9 Å². The maximum absolute atomic E-state index is 11.4. The maximum Gasteiger partial charge on any atom is 0.293 e. The second-order valence-electron chi connectivity index (χ2n) is 6.56. The second-order valence-corrected chi connectivity index (χ2v) is 6.56. The van der Waals surface area contributed by atoms with Crippen LogP contribution < -0.4 is 5.32 Å². The topological polar surface area (TPSA) is 93.3 Å². The Kier molecular flexibility index (Phi) is 5.62. The fourth-order valence-corrected chi connectivity index (χ4v) is 3.14. The fraction of sp³-hybridized carbons (Fsp3) is 0.444. The van der Waals surface area contributed by atoms with Crippen LogP contribution in [-0.4, -0.2) is 45.0 Å². The van der Waals surface area contributed by atoms with Crippen LogP contribution in [0.2, 0.25) is 0 Å². The molecule has 2 heterocycles. The summed E-state index contributed by atoms with van der Waals surface area (Å²) < 4.78 is 1.84. The summed E-state index contributed by atoms with van der Waals surface area (Å²) in [4.78, 5) is 24.7. The van der Waals surface area contributed by atoms with Crippen LogP contribution in [0.3, 0.4) is 0 Å². The van der Waals surface area contributed by atoms with Gasteiger partial charge in [-0.1, -0.05) is 6.42 Å². The van der Waals surface area contributed by atoms with Gasteiger partial charge < -0.3 is 10.2 Å². The molecule has 0 amide bonds. The van der Waals surface area contributed by atoms with Crippen molar-refractivity contribution in [3.63, 3.8) is 0 Å². The summed E-state index contributed by atoms with van der Waals surface area (Å²) in [5.41, 5.74) is 1.22. The van der Waals surface area contributed by atoms with Crippen molar-refractivity contribution in [2.45, 2.75) is 32.7 Å². The molecule has 138 valence electrons. The molecule has 2 aromatic rings. The van der Waals surface area contributed by atoms with Gasteiger partial charge in [0.15, 0.2) is 5.78 Å². The Morgan fingerprint density at radius 2 is 2.04 bits per heavy atom. The van der Waals surface area contributed by atoms with Gasteiger partial charge in [0, 0.05) is 24.4 Å². The third-order valence-corrected chi connectivity index (χ3v) is 4.61. The highest BCUT2D eigenvalue weighted by atomic mass is 16.6. The van der Waals surface area contributed by atoms with Gasteiger partial charge in [0.25, 0.3) is 5.69 Å². The van der Waals surface area contributed by atoms with Crippen LogP contribution in [0.15, 0.2) is 30.6 Å². The number of likely N-dealkylation sites (tertiary alicyclic amines) is 1. The Bertz CT molecular complexity index is 796. The highest BCUT2D eigenvalue weighted by molar-refractivity contribution is 5.95. The van der Waals surface area contributed by atoms with Crippen LogP contribution >= 0.6 is 0 Å². The van der Waals surface area contributed by atoms with Gasteiger partial charge in [0.2, 0.25) is 0 Å². The highest BCUT2D eigenvalue weighted by Gasteiger charge is 2.17. The number of piperidine rings is 1. The smallest absolute Gasteiger partial charge is 0.293 e. The molecule has 3 rings (SSSR count). The average molecular weight is 357 g/mol. The zero-order chi connectivity index (χ0) is 18.5. The van der Waals surface area contributed by atoms with E-state index in [1.165, 1.54) is 32.3 Å². The zero-order valence-corrected chi connectivity index (χ0v) is 14.9. The molecule has 1 saturated heterocycles. The van der Waals surface area contributed by atoms with Gasteiger partial charge in [-0.3, -0.25) is 19.6 Å². The Labute approximate surface area is 151 Å². The van der Waals surface area contributed by atoms with Gasteiger partial charge in [-0.2, -0.15) is 5.10 Å². The van der Waals surface area contributed by atoms with E-state index in [9.17, 15) is 14.9 Å². The van der Waals surface area contributed by atoms with Crippen LogP contribution in [0, 0.1) is 10.1 Å². The molecule has 1 aliphatic rings. The fourth-order valence-electron chi connectivity index (χ4n) is 3.14. The van der Waals surface area contributed by atoms with Gasteiger partial charge >= 0.3 is 0 Å². The predicted molar refractivity (Wildman–Crippen MR) is 98.9 cm³/mol. The Morgan fingerprint density at radius 3 is 2.73 bits per heavy atom. The van der Waals surface area contributed by atoms with E-state index >= 15 is 0 Å². The standard InChI is InChI=1S/C18H23N5O3/c1-14(24)15-5-6-17(18(11-15)23(25)26)20-16-12-19-22(13-16)10-9-21-7-3-2-4-8-21/h5-6,11-13,20H,2-4,7-10H2,1H3. The number of hydrogen-bond donors (Lipinski definition) is 1. The number of benzene rings is 1. The van der Waals surface area contributed by atoms with Gasteiger partial charge in [0.05, 0.1) is 23.4 Å². The minimum absolute atomic E-state index is 0.126. The predicted octanol–water partition coefficient (Wildman–Crippen LogP) is 3.22. The largest absolute Gasteiger partial charge is 0.347 e. The Balaban J connectivity index is 1.66. The van der Waals surface area contributed by atoms with E-state index < -0.39 is 4.92 Å². The molecule has 0 saturated carbocycles. The lowest BCUT2D eigenvalue weighted by molar-refractivity contribution is -0.383. The number of anilines is 2. The summed E-state index contributed by atoms with van der Waals surface area (Å²) >= 11 is 0. The quantitative estimate of drug-likeness (QED) is 0.464. The molecule has 1 N–H and O–H groups in total. The number of aromatic nitrogens is 2. The second kappa shape index (κ2) is 8.09. The number of nitro benzene ring substituents is 1. The first-order valence-electron chi connectivity index (χ1n) is 8.84. The van der Waals surface area contributed by atoms with Crippen LogP contribution in [0.5, 0.6) is 0 Å². The molecule has 8 heteroatoms. The summed E-state index contributed by atoms with van der Waals surface area (Å²) in [6, 6.07) is 4.43. The van der Waals surface area contributed by atoms with Crippen LogP contribution in [0.25, 0.3) is 0 Å². The van der Waals surface area contributed by atoms with Gasteiger partial charge in [-0.25, -0.2) is 0 Å². The van der Waals surface area contributed by atoms with Crippen molar-refractivity contribution in [3.05, 3.63) is 46.3 Å². The third kappa shape index (κ3) is 4.45. The normalized spacial score (nSPS) is 15.0. The molecule has 1 aliphatic heterocycles. The molecular formula is C18H23N5O3. The molecule has 1 aromatic heterocycles. The van der Waals surface area contributed by atoms with E-state index in [2.05, 4.69) is 15.3 Å². The molecule has 0 bridgehead atoms. The van der Waals surface area contributed by atoms with Gasteiger partial charge in [0.1, 0.15) is 5.69 Å². The van der Waals surface area contributed by atoms with Crippen molar-refractivity contribution in [2.75, 3.05) is 25.0 Å². The minimum Gasteiger partial charge on any atom is -0.347 e. The molecule has 0 aliphatic carbocycles. The molecule has 0 atom stereocenters. The summed E-state index contributed by atoms with van der Waals surface area (Å²) in [6.07, 6.45) is 7.32. The van der Waals surface area contributed by atoms with Gasteiger partial charge in [-0.05, 0) is 45.0 Å². The molecule has 0 radical (unpaired) electrons. The molecule has 1 aromatic carbocycles. The van der Waals surface area contributed by atoms with E-state index in [1.807, 2.05) is 10.9 Å². The van der Waals surface area contributed by atoms with Crippen molar-refractivity contribution in [1.29, 1.82) is 0 Å². The van der Waals surface area contributed by atoms with E-state index in [1.54, 1.807) is 18.3 Å². The molecule has 8 nitrogen and oxygen atoms in total. The lowest BCUT2D eigenvalue weighted by Gasteiger charge is -2.26. The van der Waals surface area contributed by atoms with Gasteiger partial charge in [-0.15, -0.1) is 0 Å². The Morgan fingerprint density at radius 1 is 1.27 bits per heavy atom. The number of hydrogen-bond acceptors (Lipinski definition) is 6. The first-order chi connectivity index (χ1) is 12.5. The van der Waals surface area contributed by atoms with Crippen molar-refractivity contribution >= 4 is 22.8 Å².